The minimum Gasteiger partial charge on any atom is -0.501 e. The van der Waals surface area contributed by atoms with Crippen LogP contribution in [0.2, 0.25) is 0 Å². The van der Waals surface area contributed by atoms with Gasteiger partial charge in [-0.25, -0.2) is 0 Å². The second-order valence-electron chi connectivity index (χ2n) is 4.48. The first-order chi connectivity index (χ1) is 6.12. The average Bonchev–Trinajstić information content (AvgIpc) is 2.13. The van der Waals surface area contributed by atoms with E-state index in [2.05, 4.69) is 13.8 Å². The van der Waals surface area contributed by atoms with Gasteiger partial charge in [-0.1, -0.05) is 13.8 Å². The van der Waals surface area contributed by atoms with Crippen LogP contribution >= 0.6 is 0 Å². The van der Waals surface area contributed by atoms with Crippen LogP contribution in [-0.2, 0) is 14.2 Å². The molecule has 0 aromatic rings. The van der Waals surface area contributed by atoms with Gasteiger partial charge in [-0.3, -0.25) is 0 Å². The van der Waals surface area contributed by atoms with E-state index in [9.17, 15) is 0 Å². The summed E-state index contributed by atoms with van der Waals surface area (Å²) in [5, 5.41) is 0. The van der Waals surface area contributed by atoms with E-state index in [-0.39, 0.29) is 5.41 Å². The molecule has 0 aliphatic carbocycles. The van der Waals surface area contributed by atoms with Crippen molar-refractivity contribution in [3.8, 4) is 0 Å². The summed E-state index contributed by atoms with van der Waals surface area (Å²) in [5.41, 5.74) is 0.136. The van der Waals surface area contributed by atoms with Gasteiger partial charge in [0.15, 0.2) is 5.79 Å². The Hall–Kier alpha value is -0.540. The summed E-state index contributed by atoms with van der Waals surface area (Å²) in [6, 6.07) is 0. The lowest BCUT2D eigenvalue weighted by molar-refractivity contribution is -0.281. The van der Waals surface area contributed by atoms with Gasteiger partial charge in [0, 0.05) is 17.9 Å². The number of hydrogen-bond acceptors (Lipinski definition) is 3. The maximum Gasteiger partial charge on any atom is 0.194 e. The van der Waals surface area contributed by atoms with Crippen LogP contribution in [0.5, 0.6) is 0 Å². The van der Waals surface area contributed by atoms with Crippen LogP contribution in [0.3, 0.4) is 0 Å². The van der Waals surface area contributed by atoms with E-state index >= 15 is 0 Å². The molecule has 0 aromatic carbocycles. The largest absolute Gasteiger partial charge is 0.501 e. The highest BCUT2D eigenvalue weighted by Crippen LogP contribution is 2.33. The van der Waals surface area contributed by atoms with E-state index < -0.39 is 5.79 Å². The molecule has 3 heteroatoms. The monoisotopic (exact) mass is 184 g/mol. The molecule has 2 aliphatic heterocycles. The van der Waals surface area contributed by atoms with Gasteiger partial charge in [0.05, 0.1) is 26.1 Å². The lowest BCUT2D eigenvalue weighted by Crippen LogP contribution is -2.47. The summed E-state index contributed by atoms with van der Waals surface area (Å²) in [6.45, 7) is 6.46. The SMILES string of the molecule is CC1(C)COC2(C=COCC2)OC1. The van der Waals surface area contributed by atoms with Gasteiger partial charge in [-0.15, -0.1) is 0 Å². The molecule has 2 rings (SSSR count). The Morgan fingerprint density at radius 3 is 2.38 bits per heavy atom. The maximum atomic E-state index is 5.73. The van der Waals surface area contributed by atoms with Crippen LogP contribution in [0.25, 0.3) is 0 Å². The molecule has 1 fully saturated rings. The summed E-state index contributed by atoms with van der Waals surface area (Å²) in [6.07, 6.45) is 4.33. The first-order valence-electron chi connectivity index (χ1n) is 4.69. The highest BCUT2D eigenvalue weighted by atomic mass is 16.7. The topological polar surface area (TPSA) is 27.7 Å². The second-order valence-corrected chi connectivity index (χ2v) is 4.48. The van der Waals surface area contributed by atoms with Gasteiger partial charge >= 0.3 is 0 Å². The number of hydrogen-bond donors (Lipinski definition) is 0. The summed E-state index contributed by atoms with van der Waals surface area (Å²) in [5.74, 6) is -0.492. The zero-order valence-corrected chi connectivity index (χ0v) is 8.21. The zero-order chi connectivity index (χ0) is 9.36. The minimum atomic E-state index is -0.492. The van der Waals surface area contributed by atoms with Gasteiger partial charge in [0.1, 0.15) is 0 Å². The molecular formula is C10H16O3. The molecule has 74 valence electrons. The van der Waals surface area contributed by atoms with Crippen molar-refractivity contribution in [3.05, 3.63) is 12.3 Å². The van der Waals surface area contributed by atoms with Crippen LogP contribution in [0.15, 0.2) is 12.3 Å². The van der Waals surface area contributed by atoms with E-state index in [0.717, 1.165) is 19.6 Å². The summed E-state index contributed by atoms with van der Waals surface area (Å²) in [7, 11) is 0. The molecule has 0 unspecified atom stereocenters. The third-order valence-corrected chi connectivity index (χ3v) is 2.40. The molecule has 3 nitrogen and oxygen atoms in total. The van der Waals surface area contributed by atoms with Crippen molar-refractivity contribution in [1.82, 2.24) is 0 Å². The van der Waals surface area contributed by atoms with Crippen molar-refractivity contribution in [2.24, 2.45) is 5.41 Å². The van der Waals surface area contributed by atoms with Crippen LogP contribution in [-0.4, -0.2) is 25.6 Å². The molecule has 13 heavy (non-hydrogen) atoms. The van der Waals surface area contributed by atoms with Crippen molar-refractivity contribution in [3.63, 3.8) is 0 Å². The number of rotatable bonds is 0. The number of ether oxygens (including phenoxy) is 3. The van der Waals surface area contributed by atoms with Gasteiger partial charge in [0.2, 0.25) is 0 Å². The summed E-state index contributed by atoms with van der Waals surface area (Å²) >= 11 is 0. The van der Waals surface area contributed by atoms with Crippen molar-refractivity contribution in [2.45, 2.75) is 26.1 Å². The minimum absolute atomic E-state index is 0.136. The quantitative estimate of drug-likeness (QED) is 0.573. The van der Waals surface area contributed by atoms with Crippen molar-refractivity contribution < 1.29 is 14.2 Å². The fraction of sp³-hybridized carbons (Fsp3) is 0.800. The molecular weight excluding hydrogens is 168 g/mol. The second kappa shape index (κ2) is 3.00. The predicted octanol–water partition coefficient (Wildman–Crippen LogP) is 1.69. The average molecular weight is 184 g/mol. The van der Waals surface area contributed by atoms with E-state index in [1.54, 1.807) is 6.26 Å². The molecule has 1 spiro atoms. The standard InChI is InChI=1S/C10H16O3/c1-9(2)7-12-10(13-8-9)3-5-11-6-4-10/h3,5H,4,6-8H2,1-2H3. The predicted molar refractivity (Wildman–Crippen MR) is 48.1 cm³/mol. The van der Waals surface area contributed by atoms with E-state index in [1.165, 1.54) is 0 Å². The Morgan fingerprint density at radius 1 is 1.15 bits per heavy atom. The maximum absolute atomic E-state index is 5.73. The van der Waals surface area contributed by atoms with Crippen LogP contribution in [0.1, 0.15) is 20.3 Å². The molecule has 0 N–H and O–H groups in total. The molecule has 0 radical (unpaired) electrons. The molecule has 0 saturated carbocycles. The Balaban J connectivity index is 2.03. The first-order valence-corrected chi connectivity index (χ1v) is 4.69. The van der Waals surface area contributed by atoms with Crippen molar-refractivity contribution in [1.29, 1.82) is 0 Å². The lowest BCUT2D eigenvalue weighted by Gasteiger charge is -2.42. The summed E-state index contributed by atoms with van der Waals surface area (Å²) in [4.78, 5) is 0. The van der Waals surface area contributed by atoms with Gasteiger partial charge in [-0.2, -0.15) is 0 Å². The van der Waals surface area contributed by atoms with Crippen LogP contribution in [0, 0.1) is 5.41 Å². The zero-order valence-electron chi connectivity index (χ0n) is 8.21. The van der Waals surface area contributed by atoms with Crippen LogP contribution in [0.4, 0.5) is 0 Å². The third kappa shape index (κ3) is 1.86. The fourth-order valence-corrected chi connectivity index (χ4v) is 1.46. The van der Waals surface area contributed by atoms with Crippen LogP contribution < -0.4 is 0 Å². The highest BCUT2D eigenvalue weighted by Gasteiger charge is 2.39. The molecule has 0 amide bonds. The Morgan fingerprint density at radius 2 is 1.85 bits per heavy atom. The van der Waals surface area contributed by atoms with E-state index in [0.29, 0.717) is 6.61 Å². The van der Waals surface area contributed by atoms with Crippen molar-refractivity contribution >= 4 is 0 Å². The Bertz CT molecular complexity index is 210. The first kappa shape index (κ1) is 9.03. The molecule has 2 aliphatic rings. The normalized spacial score (nSPS) is 30.0. The summed E-state index contributed by atoms with van der Waals surface area (Å²) < 4.78 is 16.6. The molecule has 0 atom stereocenters. The van der Waals surface area contributed by atoms with Gasteiger partial charge in [0.25, 0.3) is 0 Å². The van der Waals surface area contributed by atoms with Gasteiger partial charge in [-0.05, 0) is 0 Å². The molecule has 0 bridgehead atoms. The van der Waals surface area contributed by atoms with E-state index in [4.69, 9.17) is 14.2 Å². The highest BCUT2D eigenvalue weighted by molar-refractivity contribution is 4.98. The molecule has 1 saturated heterocycles. The lowest BCUT2D eigenvalue weighted by atomic mass is 9.94. The fourth-order valence-electron chi connectivity index (χ4n) is 1.46. The molecule has 2 heterocycles. The van der Waals surface area contributed by atoms with Gasteiger partial charge < -0.3 is 14.2 Å². The Kier molecular flexibility index (Phi) is 2.08. The smallest absolute Gasteiger partial charge is 0.194 e. The third-order valence-electron chi connectivity index (χ3n) is 2.40. The van der Waals surface area contributed by atoms with Crippen molar-refractivity contribution in [2.75, 3.05) is 19.8 Å². The Labute approximate surface area is 78.7 Å². The molecule has 0 aromatic heterocycles. The van der Waals surface area contributed by atoms with E-state index in [1.807, 2.05) is 6.08 Å².